The molecule has 0 rings (SSSR count). The van der Waals surface area contributed by atoms with E-state index in [0.717, 1.165) is 77.0 Å². The molecule has 0 radical (unpaired) electrons. The van der Waals surface area contributed by atoms with E-state index in [2.05, 4.69) is 75.5 Å². The van der Waals surface area contributed by atoms with E-state index >= 15 is 0 Å². The van der Waals surface area contributed by atoms with E-state index < -0.39 is 6.10 Å². The fraction of sp³-hybridized carbons (Fsp3) is 0.644. The molecule has 0 saturated carbocycles. The summed E-state index contributed by atoms with van der Waals surface area (Å²) in [4.78, 5) is 38.0. The van der Waals surface area contributed by atoms with E-state index in [1.54, 1.807) is 0 Å². The Morgan fingerprint density at radius 3 is 1.03 bits per heavy atom. The summed E-state index contributed by atoms with van der Waals surface area (Å²) in [6.07, 6.45) is 70.8. The standard InChI is InChI=1S/C59H96O6/c1-4-7-10-13-16-19-22-25-27-29-30-32-34-37-40-43-46-49-52-58(61)64-55-56(54-63-57(60)51-48-45-42-39-36-33-24-21-18-15-12-9-6-3)65-59(62)53-50-47-44-41-38-35-31-28-26-23-20-17-14-11-8-5-2/h9,12,15,18,21,24,27-33,35-36,38-39,42,56H,4-8,10-11,13-14,16-17,19-20,22-23,25-26,34,37,40-41,43-55H2,1-3H3/b12-9+,18-15+,24-21+,29-27+,31-28+,32-30+,36-33+,38-35+,42-39+. The van der Waals surface area contributed by atoms with Crippen LogP contribution in [0.5, 0.6) is 0 Å². The van der Waals surface area contributed by atoms with Crippen LogP contribution in [-0.2, 0) is 28.6 Å². The van der Waals surface area contributed by atoms with Crippen LogP contribution in [0.15, 0.2) is 109 Å². The zero-order valence-electron chi connectivity index (χ0n) is 42.0. The highest BCUT2D eigenvalue weighted by Crippen LogP contribution is 2.13. The molecule has 0 amide bonds. The first-order valence-corrected chi connectivity index (χ1v) is 26.5. The molecule has 6 heteroatoms. The lowest BCUT2D eigenvalue weighted by atomic mass is 10.1. The molecule has 368 valence electrons. The Labute approximate surface area is 400 Å². The van der Waals surface area contributed by atoms with Crippen molar-refractivity contribution in [2.24, 2.45) is 0 Å². The Bertz CT molecular complexity index is 1360. The molecule has 65 heavy (non-hydrogen) atoms. The van der Waals surface area contributed by atoms with Crippen molar-refractivity contribution in [3.8, 4) is 0 Å². The molecule has 0 bridgehead atoms. The number of hydrogen-bond acceptors (Lipinski definition) is 6. The highest BCUT2D eigenvalue weighted by Gasteiger charge is 2.19. The maximum absolute atomic E-state index is 12.8. The lowest BCUT2D eigenvalue weighted by molar-refractivity contribution is -0.167. The van der Waals surface area contributed by atoms with Crippen LogP contribution in [-0.4, -0.2) is 37.2 Å². The van der Waals surface area contributed by atoms with Gasteiger partial charge < -0.3 is 14.2 Å². The van der Waals surface area contributed by atoms with Gasteiger partial charge in [0.2, 0.25) is 0 Å². The van der Waals surface area contributed by atoms with Gasteiger partial charge in [-0.15, -0.1) is 0 Å². The van der Waals surface area contributed by atoms with Gasteiger partial charge in [0.05, 0.1) is 0 Å². The Morgan fingerprint density at radius 1 is 0.323 bits per heavy atom. The Hall–Kier alpha value is -3.93. The maximum atomic E-state index is 12.8. The Kier molecular flexibility index (Phi) is 49.5. The molecule has 0 N–H and O–H groups in total. The molecule has 1 unspecified atom stereocenters. The molecule has 0 aliphatic heterocycles. The van der Waals surface area contributed by atoms with Gasteiger partial charge in [-0.1, -0.05) is 233 Å². The summed E-state index contributed by atoms with van der Waals surface area (Å²) in [6, 6.07) is 0. The molecule has 0 saturated heterocycles. The van der Waals surface area contributed by atoms with Crippen molar-refractivity contribution < 1.29 is 28.6 Å². The number of carbonyl (C=O) groups is 3. The quantitative estimate of drug-likeness (QED) is 0.0262. The summed E-state index contributed by atoms with van der Waals surface area (Å²) >= 11 is 0. The van der Waals surface area contributed by atoms with Crippen LogP contribution in [0.2, 0.25) is 0 Å². The van der Waals surface area contributed by atoms with Crippen molar-refractivity contribution in [1.82, 2.24) is 0 Å². The molecular formula is C59H96O6. The second-order valence-electron chi connectivity index (χ2n) is 17.2. The number of carbonyl (C=O) groups excluding carboxylic acids is 3. The highest BCUT2D eigenvalue weighted by molar-refractivity contribution is 5.71. The van der Waals surface area contributed by atoms with Gasteiger partial charge in [0, 0.05) is 19.3 Å². The van der Waals surface area contributed by atoms with Crippen molar-refractivity contribution in [1.29, 1.82) is 0 Å². The summed E-state index contributed by atoms with van der Waals surface area (Å²) in [5, 5.41) is 0. The third-order valence-electron chi connectivity index (χ3n) is 10.9. The van der Waals surface area contributed by atoms with Crippen molar-refractivity contribution >= 4 is 17.9 Å². The minimum Gasteiger partial charge on any atom is -0.462 e. The third-order valence-corrected chi connectivity index (χ3v) is 10.9. The molecule has 0 aliphatic rings. The van der Waals surface area contributed by atoms with Gasteiger partial charge in [-0.2, -0.15) is 0 Å². The summed E-state index contributed by atoms with van der Waals surface area (Å²) in [7, 11) is 0. The monoisotopic (exact) mass is 901 g/mol. The fourth-order valence-electron chi connectivity index (χ4n) is 6.92. The van der Waals surface area contributed by atoms with Crippen LogP contribution >= 0.6 is 0 Å². The lowest BCUT2D eigenvalue weighted by Gasteiger charge is -2.18. The number of ether oxygens (including phenoxy) is 3. The van der Waals surface area contributed by atoms with Crippen molar-refractivity contribution in [3.63, 3.8) is 0 Å². The zero-order chi connectivity index (χ0) is 47.2. The minimum atomic E-state index is -0.829. The highest BCUT2D eigenvalue weighted by atomic mass is 16.6. The van der Waals surface area contributed by atoms with Crippen LogP contribution in [0.25, 0.3) is 0 Å². The number of rotatable bonds is 46. The SMILES string of the molecule is CC/C=C/C=C/C=C/C=C/C=C/CCCC(=O)OCC(COC(=O)CCCCCCC/C=C/C=C/CCCCCCCCC)OC(=O)CCCCC/C=C/C=C/CCCCCCCCC. The van der Waals surface area contributed by atoms with Crippen LogP contribution in [0, 0.1) is 0 Å². The van der Waals surface area contributed by atoms with E-state index in [1.165, 1.54) is 96.3 Å². The number of unbranched alkanes of at least 4 members (excludes halogenated alkanes) is 23. The second kappa shape index (κ2) is 52.7. The molecule has 1 atom stereocenters. The van der Waals surface area contributed by atoms with Gasteiger partial charge in [0.15, 0.2) is 6.10 Å². The van der Waals surface area contributed by atoms with E-state index in [9.17, 15) is 14.4 Å². The first kappa shape index (κ1) is 61.1. The first-order valence-electron chi connectivity index (χ1n) is 26.5. The van der Waals surface area contributed by atoms with Crippen LogP contribution < -0.4 is 0 Å². The molecule has 0 aromatic carbocycles. The van der Waals surface area contributed by atoms with Crippen molar-refractivity contribution in [2.75, 3.05) is 13.2 Å². The van der Waals surface area contributed by atoms with Gasteiger partial charge in [-0.25, -0.2) is 0 Å². The third kappa shape index (κ3) is 50.9. The van der Waals surface area contributed by atoms with E-state index in [-0.39, 0.29) is 44.0 Å². The number of esters is 3. The molecule has 0 fully saturated rings. The predicted molar refractivity (Wildman–Crippen MR) is 279 cm³/mol. The number of allylic oxidation sites excluding steroid dienone is 18. The van der Waals surface area contributed by atoms with Crippen LogP contribution in [0.3, 0.4) is 0 Å². The molecular weight excluding hydrogens is 805 g/mol. The van der Waals surface area contributed by atoms with Gasteiger partial charge >= 0.3 is 17.9 Å². The summed E-state index contributed by atoms with van der Waals surface area (Å²) < 4.78 is 16.7. The minimum absolute atomic E-state index is 0.121. The van der Waals surface area contributed by atoms with Crippen molar-refractivity contribution in [2.45, 2.75) is 232 Å². The van der Waals surface area contributed by atoms with E-state index in [0.29, 0.717) is 19.3 Å². The van der Waals surface area contributed by atoms with Crippen molar-refractivity contribution in [3.05, 3.63) is 109 Å². The van der Waals surface area contributed by atoms with Gasteiger partial charge in [-0.3, -0.25) is 14.4 Å². The van der Waals surface area contributed by atoms with Gasteiger partial charge in [-0.05, 0) is 83.5 Å². The smallest absolute Gasteiger partial charge is 0.306 e. The van der Waals surface area contributed by atoms with Gasteiger partial charge in [0.1, 0.15) is 13.2 Å². The first-order chi connectivity index (χ1) is 32.0. The summed E-state index contributed by atoms with van der Waals surface area (Å²) in [5.41, 5.74) is 0. The lowest BCUT2D eigenvalue weighted by Crippen LogP contribution is -2.30. The summed E-state index contributed by atoms with van der Waals surface area (Å²) in [6.45, 7) is 6.37. The molecule has 6 nitrogen and oxygen atoms in total. The Balaban J connectivity index is 4.55. The molecule has 0 heterocycles. The van der Waals surface area contributed by atoms with Crippen LogP contribution in [0.1, 0.15) is 226 Å². The molecule has 0 aromatic heterocycles. The largest absolute Gasteiger partial charge is 0.462 e. The topological polar surface area (TPSA) is 78.9 Å². The zero-order valence-corrected chi connectivity index (χ0v) is 42.0. The van der Waals surface area contributed by atoms with E-state index in [4.69, 9.17) is 14.2 Å². The second-order valence-corrected chi connectivity index (χ2v) is 17.2. The van der Waals surface area contributed by atoms with Crippen LogP contribution in [0.4, 0.5) is 0 Å². The predicted octanol–water partition coefficient (Wildman–Crippen LogP) is 17.5. The van der Waals surface area contributed by atoms with Gasteiger partial charge in [0.25, 0.3) is 0 Å². The summed E-state index contributed by atoms with van der Waals surface area (Å²) in [5.74, 6) is -1.04. The molecule has 0 aliphatic carbocycles. The average molecular weight is 901 g/mol. The molecule has 0 spiro atoms. The Morgan fingerprint density at radius 2 is 0.615 bits per heavy atom. The van der Waals surface area contributed by atoms with E-state index in [1.807, 2.05) is 54.7 Å². The number of hydrogen-bond donors (Lipinski definition) is 0. The maximum Gasteiger partial charge on any atom is 0.306 e. The average Bonchev–Trinajstić information content (AvgIpc) is 3.30. The fourth-order valence-corrected chi connectivity index (χ4v) is 6.92. The molecule has 0 aromatic rings. The normalized spacial score (nSPS) is 13.0.